The van der Waals surface area contributed by atoms with E-state index in [4.69, 9.17) is 0 Å². The van der Waals surface area contributed by atoms with Gasteiger partial charge in [-0.2, -0.15) is 11.8 Å². The van der Waals surface area contributed by atoms with Crippen LogP contribution in [0.25, 0.3) is 0 Å². The van der Waals surface area contributed by atoms with Crippen LogP contribution in [0.1, 0.15) is 26.3 Å². The van der Waals surface area contributed by atoms with E-state index in [1.807, 2.05) is 12.5 Å². The molecule has 0 saturated heterocycles. The summed E-state index contributed by atoms with van der Waals surface area (Å²) in [6.45, 7) is 6.67. The lowest BCUT2D eigenvalue weighted by Gasteiger charge is -2.18. The maximum atomic E-state index is 2.22. The lowest BCUT2D eigenvalue weighted by molar-refractivity contribution is 0.590. The van der Waals surface area contributed by atoms with E-state index in [0.717, 1.165) is 0 Å². The van der Waals surface area contributed by atoms with E-state index in [9.17, 15) is 0 Å². The first-order valence-corrected chi connectivity index (χ1v) is 6.11. The van der Waals surface area contributed by atoms with E-state index in [1.165, 1.54) is 5.56 Å². The molecular formula is C12H20S. The van der Waals surface area contributed by atoms with Gasteiger partial charge in [0.15, 0.2) is 0 Å². The van der Waals surface area contributed by atoms with E-state index in [-0.39, 0.29) is 0 Å². The molecule has 0 radical (unpaired) electrons. The van der Waals surface area contributed by atoms with Gasteiger partial charge in [-0.25, -0.2) is 0 Å². The smallest absolute Gasteiger partial charge is 0.0132 e. The molecule has 0 nitrogen and oxygen atoms in total. The van der Waals surface area contributed by atoms with Gasteiger partial charge in [0, 0.05) is 0 Å². The first-order chi connectivity index (χ1) is 6.02. The highest BCUT2D eigenvalue weighted by atomic mass is 32.2. The van der Waals surface area contributed by atoms with Gasteiger partial charge in [-0.05, 0) is 23.5 Å². The lowest BCUT2D eigenvalue weighted by Crippen LogP contribution is -2.10. The molecule has 0 bridgehead atoms. The van der Waals surface area contributed by atoms with Crippen molar-refractivity contribution in [1.29, 1.82) is 0 Å². The van der Waals surface area contributed by atoms with Crippen molar-refractivity contribution in [3.8, 4) is 0 Å². The van der Waals surface area contributed by atoms with Gasteiger partial charge in [0.2, 0.25) is 0 Å². The van der Waals surface area contributed by atoms with Crippen LogP contribution < -0.4 is 0 Å². The van der Waals surface area contributed by atoms with Crippen molar-refractivity contribution < 1.29 is 0 Å². The average Bonchev–Trinajstić information content (AvgIpc) is 2.06. The fraction of sp³-hybridized carbons (Fsp3) is 0.500. The van der Waals surface area contributed by atoms with Crippen molar-refractivity contribution >= 4 is 11.8 Å². The highest BCUT2D eigenvalue weighted by Gasteiger charge is 2.11. The Morgan fingerprint density at radius 3 is 1.54 bits per heavy atom. The summed E-state index contributed by atoms with van der Waals surface area (Å²) in [5, 5.41) is 0. The third kappa shape index (κ3) is 5.75. The molecule has 0 aromatic heterocycles. The number of hydrogen-bond donors (Lipinski definition) is 0. The molecular weight excluding hydrogens is 176 g/mol. The monoisotopic (exact) mass is 196 g/mol. The third-order valence-electron chi connectivity index (χ3n) is 1.64. The molecule has 0 aliphatic heterocycles. The highest BCUT2D eigenvalue weighted by molar-refractivity contribution is 7.97. The molecule has 1 aromatic carbocycles. The van der Waals surface area contributed by atoms with E-state index >= 15 is 0 Å². The quantitative estimate of drug-likeness (QED) is 0.605. The van der Waals surface area contributed by atoms with Crippen LogP contribution in [0.15, 0.2) is 30.3 Å². The summed E-state index contributed by atoms with van der Waals surface area (Å²) < 4.78 is 0. The van der Waals surface area contributed by atoms with Crippen LogP contribution >= 0.6 is 11.8 Å². The van der Waals surface area contributed by atoms with Crippen molar-refractivity contribution in [2.75, 3.05) is 12.5 Å². The predicted molar refractivity (Wildman–Crippen MR) is 64.6 cm³/mol. The van der Waals surface area contributed by atoms with Gasteiger partial charge < -0.3 is 0 Å². The van der Waals surface area contributed by atoms with E-state index in [2.05, 4.69) is 51.1 Å². The van der Waals surface area contributed by atoms with E-state index in [0.29, 0.717) is 5.41 Å². The van der Waals surface area contributed by atoms with Crippen LogP contribution in [0.5, 0.6) is 0 Å². The number of thioether (sulfide) groups is 1. The molecule has 0 atom stereocenters. The Morgan fingerprint density at radius 1 is 0.923 bits per heavy atom. The molecule has 0 aliphatic rings. The Hall–Kier alpha value is -0.430. The molecule has 0 unspecified atom stereocenters. The molecule has 0 spiro atoms. The fourth-order valence-corrected chi connectivity index (χ4v) is 0.938. The second-order valence-electron chi connectivity index (χ2n) is 4.02. The summed E-state index contributed by atoms with van der Waals surface area (Å²) in [6.07, 6.45) is 4.08. The Balaban J connectivity index is 0.000000424. The summed E-state index contributed by atoms with van der Waals surface area (Å²) in [5.74, 6) is 0. The summed E-state index contributed by atoms with van der Waals surface area (Å²) in [5.41, 5.74) is 1.69. The fourth-order valence-electron chi connectivity index (χ4n) is 0.938. The highest BCUT2D eigenvalue weighted by Crippen LogP contribution is 2.20. The molecule has 1 heteroatoms. The van der Waals surface area contributed by atoms with E-state index < -0.39 is 0 Å². The van der Waals surface area contributed by atoms with Crippen molar-refractivity contribution in [3.05, 3.63) is 35.9 Å². The summed E-state index contributed by atoms with van der Waals surface area (Å²) in [6, 6.07) is 10.6. The predicted octanol–water partition coefficient (Wildman–Crippen LogP) is 3.96. The molecule has 0 aliphatic carbocycles. The van der Waals surface area contributed by atoms with Crippen molar-refractivity contribution in [3.63, 3.8) is 0 Å². The molecule has 0 fully saturated rings. The van der Waals surface area contributed by atoms with Gasteiger partial charge in [-0.1, -0.05) is 51.1 Å². The Kier molecular flexibility index (Phi) is 5.89. The van der Waals surface area contributed by atoms with Gasteiger partial charge in [0.25, 0.3) is 0 Å². The topological polar surface area (TPSA) is 0 Å². The second-order valence-corrected chi connectivity index (χ2v) is 4.84. The van der Waals surface area contributed by atoms with Crippen molar-refractivity contribution in [2.45, 2.75) is 26.2 Å². The van der Waals surface area contributed by atoms with Crippen LogP contribution in [-0.4, -0.2) is 12.5 Å². The Labute approximate surface area is 86.7 Å². The zero-order valence-corrected chi connectivity index (χ0v) is 10.1. The first kappa shape index (κ1) is 12.6. The molecule has 1 rings (SSSR count). The van der Waals surface area contributed by atoms with Crippen LogP contribution in [0.4, 0.5) is 0 Å². The van der Waals surface area contributed by atoms with Crippen LogP contribution in [-0.2, 0) is 5.41 Å². The minimum absolute atomic E-state index is 0.293. The van der Waals surface area contributed by atoms with E-state index in [1.54, 1.807) is 11.8 Å². The Bertz CT molecular complexity index is 208. The largest absolute Gasteiger partial charge is 0.169 e. The van der Waals surface area contributed by atoms with Crippen molar-refractivity contribution in [2.24, 2.45) is 0 Å². The van der Waals surface area contributed by atoms with Crippen LogP contribution in [0, 0.1) is 0 Å². The lowest BCUT2D eigenvalue weighted by atomic mass is 9.87. The van der Waals surface area contributed by atoms with Gasteiger partial charge in [0.1, 0.15) is 0 Å². The Morgan fingerprint density at radius 2 is 1.31 bits per heavy atom. The molecule has 0 N–H and O–H groups in total. The number of rotatable bonds is 0. The van der Waals surface area contributed by atoms with Crippen LogP contribution in [0.2, 0.25) is 0 Å². The van der Waals surface area contributed by atoms with Gasteiger partial charge in [0.05, 0.1) is 0 Å². The average molecular weight is 196 g/mol. The number of hydrogen-bond acceptors (Lipinski definition) is 1. The summed E-state index contributed by atoms with van der Waals surface area (Å²) in [4.78, 5) is 0. The number of benzene rings is 1. The minimum Gasteiger partial charge on any atom is -0.169 e. The second kappa shape index (κ2) is 6.09. The molecule has 13 heavy (non-hydrogen) atoms. The normalized spacial score (nSPS) is 10.2. The first-order valence-electron chi connectivity index (χ1n) is 4.48. The molecule has 74 valence electrons. The van der Waals surface area contributed by atoms with Gasteiger partial charge in [-0.3, -0.25) is 0 Å². The minimum atomic E-state index is 0.293. The summed E-state index contributed by atoms with van der Waals surface area (Å²) in [7, 11) is 0. The summed E-state index contributed by atoms with van der Waals surface area (Å²) >= 11 is 1.75. The maximum absolute atomic E-state index is 2.22. The van der Waals surface area contributed by atoms with Gasteiger partial charge in [-0.15, -0.1) is 0 Å². The zero-order chi connectivity index (χ0) is 10.3. The maximum Gasteiger partial charge on any atom is -0.0132 e. The molecule has 1 aromatic rings. The van der Waals surface area contributed by atoms with Crippen LogP contribution in [0.3, 0.4) is 0 Å². The van der Waals surface area contributed by atoms with Gasteiger partial charge >= 0.3 is 0 Å². The molecule has 0 saturated carbocycles. The zero-order valence-electron chi connectivity index (χ0n) is 9.29. The molecule has 0 heterocycles. The van der Waals surface area contributed by atoms with Crippen molar-refractivity contribution in [1.82, 2.24) is 0 Å². The molecule has 0 amide bonds. The standard InChI is InChI=1S/C10H14.C2H6S/c1-10(2,3)9-7-5-4-6-8-9;1-3-2/h4-8H,1-3H3;1-2H3. The third-order valence-corrected chi connectivity index (χ3v) is 1.64. The SMILES string of the molecule is CC(C)(C)c1ccccc1.CSC.